The average Bonchev–Trinajstić information content (AvgIpc) is 2.82. The van der Waals surface area contributed by atoms with Crippen molar-refractivity contribution >= 4 is 17.2 Å². The maximum Gasteiger partial charge on any atom is 0.254 e. The molecule has 2 rings (SSSR count). The highest BCUT2D eigenvalue weighted by Crippen LogP contribution is 2.18. The molecule has 2 aromatic heterocycles. The van der Waals surface area contributed by atoms with Crippen molar-refractivity contribution in [3.63, 3.8) is 0 Å². The van der Waals surface area contributed by atoms with Crippen LogP contribution in [0.5, 0.6) is 0 Å². The van der Waals surface area contributed by atoms with Crippen LogP contribution in [0.1, 0.15) is 31.5 Å². The number of rotatable bonds is 5. The van der Waals surface area contributed by atoms with Crippen LogP contribution in [0, 0.1) is 20.8 Å². The zero-order valence-electron chi connectivity index (χ0n) is 12.6. The fourth-order valence-corrected chi connectivity index (χ4v) is 3.18. The lowest BCUT2D eigenvalue weighted by Crippen LogP contribution is -2.33. The molecule has 0 bridgehead atoms. The molecule has 21 heavy (non-hydrogen) atoms. The monoisotopic (exact) mass is 304 g/mol. The van der Waals surface area contributed by atoms with Gasteiger partial charge in [0.1, 0.15) is 0 Å². The minimum absolute atomic E-state index is 0.0425. The number of aromatic nitrogens is 1. The lowest BCUT2D eigenvalue weighted by Gasteiger charge is -2.21. The van der Waals surface area contributed by atoms with Crippen LogP contribution < -0.4 is 0 Å². The maximum atomic E-state index is 12.6. The van der Waals surface area contributed by atoms with Gasteiger partial charge in [0.05, 0.1) is 13.2 Å². The number of nitrogens with zero attached hydrogens (tertiary/aromatic N) is 2. The lowest BCUT2D eigenvalue weighted by molar-refractivity contribution is 0.0709. The minimum atomic E-state index is -0.0660. The molecule has 0 fully saturated rings. The minimum Gasteiger partial charge on any atom is -0.395 e. The quantitative estimate of drug-likeness (QED) is 0.924. The Labute approximate surface area is 129 Å². The number of carbonyl (C=O) groups is 1. The topological polar surface area (TPSA) is 53.4 Å². The Morgan fingerprint density at radius 1 is 1.24 bits per heavy atom. The largest absolute Gasteiger partial charge is 0.395 e. The highest BCUT2D eigenvalue weighted by molar-refractivity contribution is 7.11. The van der Waals surface area contributed by atoms with E-state index in [2.05, 4.69) is 4.98 Å². The van der Waals surface area contributed by atoms with Crippen LogP contribution in [0.2, 0.25) is 0 Å². The molecule has 112 valence electrons. The molecule has 0 saturated heterocycles. The summed E-state index contributed by atoms with van der Waals surface area (Å²) in [6.45, 7) is 6.61. The first kappa shape index (κ1) is 15.7. The number of carbonyl (C=O) groups excluding carboxylic acids is 1. The summed E-state index contributed by atoms with van der Waals surface area (Å²) in [7, 11) is 0. The van der Waals surface area contributed by atoms with Crippen molar-refractivity contribution in [1.82, 2.24) is 9.88 Å². The molecule has 0 unspecified atom stereocenters. The second-order valence-electron chi connectivity index (χ2n) is 5.10. The van der Waals surface area contributed by atoms with E-state index in [0.29, 0.717) is 18.7 Å². The molecule has 0 radical (unpaired) electrons. The predicted octanol–water partition coefficient (Wildman–Crippen LogP) is 2.70. The van der Waals surface area contributed by atoms with Crippen LogP contribution in [0.4, 0.5) is 0 Å². The molecule has 2 aromatic rings. The molecule has 5 heteroatoms. The molecule has 0 aliphatic carbocycles. The van der Waals surface area contributed by atoms with Crippen LogP contribution in [-0.4, -0.2) is 34.0 Å². The summed E-state index contributed by atoms with van der Waals surface area (Å²) in [5, 5.41) is 9.22. The number of thiophene rings is 1. The number of hydrogen-bond donors (Lipinski definition) is 1. The van der Waals surface area contributed by atoms with Gasteiger partial charge >= 0.3 is 0 Å². The van der Waals surface area contributed by atoms with E-state index in [1.54, 1.807) is 28.4 Å². The zero-order chi connectivity index (χ0) is 15.4. The van der Waals surface area contributed by atoms with Gasteiger partial charge in [-0.25, -0.2) is 0 Å². The Hall–Kier alpha value is -1.72. The second kappa shape index (κ2) is 6.83. The van der Waals surface area contributed by atoms with Gasteiger partial charge in [0.25, 0.3) is 5.91 Å². The smallest absolute Gasteiger partial charge is 0.254 e. The van der Waals surface area contributed by atoms with Crippen LogP contribution in [0.3, 0.4) is 0 Å². The summed E-state index contributed by atoms with van der Waals surface area (Å²) in [6, 6.07) is 7.65. The second-order valence-corrected chi connectivity index (χ2v) is 6.47. The first-order valence-electron chi connectivity index (χ1n) is 6.90. The fraction of sp³-hybridized carbons (Fsp3) is 0.375. The first-order valence-corrected chi connectivity index (χ1v) is 7.72. The van der Waals surface area contributed by atoms with Gasteiger partial charge < -0.3 is 10.0 Å². The Bertz CT molecular complexity index is 617. The van der Waals surface area contributed by atoms with E-state index >= 15 is 0 Å². The maximum absolute atomic E-state index is 12.6. The highest BCUT2D eigenvalue weighted by Gasteiger charge is 2.17. The van der Waals surface area contributed by atoms with E-state index in [4.69, 9.17) is 0 Å². The molecule has 0 spiro atoms. The number of aliphatic hydroxyl groups excluding tert-OH is 1. The van der Waals surface area contributed by atoms with Crippen molar-refractivity contribution in [2.24, 2.45) is 0 Å². The van der Waals surface area contributed by atoms with Gasteiger partial charge in [0.2, 0.25) is 0 Å². The SMILES string of the molecule is Cc1cc(C(=O)N(CCO)Cc2ccc(C)s2)cc(C)n1. The van der Waals surface area contributed by atoms with Crippen molar-refractivity contribution in [2.75, 3.05) is 13.2 Å². The predicted molar refractivity (Wildman–Crippen MR) is 84.6 cm³/mol. The van der Waals surface area contributed by atoms with Gasteiger partial charge in [-0.15, -0.1) is 11.3 Å². The van der Waals surface area contributed by atoms with Gasteiger partial charge in [-0.05, 0) is 45.0 Å². The summed E-state index contributed by atoms with van der Waals surface area (Å²) in [5.74, 6) is -0.0660. The molecule has 0 saturated carbocycles. The number of aryl methyl sites for hydroxylation is 3. The molecule has 0 aliphatic rings. The third-order valence-corrected chi connectivity index (χ3v) is 4.11. The first-order chi connectivity index (χ1) is 9.99. The molecule has 4 nitrogen and oxygen atoms in total. The summed E-state index contributed by atoms with van der Waals surface area (Å²) in [6.07, 6.45) is 0. The van der Waals surface area contributed by atoms with Crippen molar-refractivity contribution in [1.29, 1.82) is 0 Å². The molecule has 0 aromatic carbocycles. The van der Waals surface area contributed by atoms with Gasteiger partial charge in [0.15, 0.2) is 0 Å². The van der Waals surface area contributed by atoms with Crippen molar-refractivity contribution in [3.8, 4) is 0 Å². The summed E-state index contributed by atoms with van der Waals surface area (Å²) < 4.78 is 0. The van der Waals surface area contributed by atoms with Crippen LogP contribution >= 0.6 is 11.3 Å². The Kier molecular flexibility index (Phi) is 5.09. The van der Waals surface area contributed by atoms with Crippen molar-refractivity contribution in [2.45, 2.75) is 27.3 Å². The number of aliphatic hydroxyl groups is 1. The number of amides is 1. The van der Waals surface area contributed by atoms with E-state index in [0.717, 1.165) is 16.3 Å². The van der Waals surface area contributed by atoms with Gasteiger partial charge in [0, 0.05) is 33.3 Å². The normalized spacial score (nSPS) is 10.7. The molecule has 2 heterocycles. The molecular weight excluding hydrogens is 284 g/mol. The van der Waals surface area contributed by atoms with E-state index in [1.807, 2.05) is 32.9 Å². The molecule has 1 N–H and O–H groups in total. The summed E-state index contributed by atoms with van der Waals surface area (Å²) in [5.41, 5.74) is 2.28. The number of pyridine rings is 1. The standard InChI is InChI=1S/C16H20N2O2S/c1-11-8-14(9-12(2)17-11)16(20)18(6-7-19)10-15-5-4-13(3)21-15/h4-5,8-9,19H,6-7,10H2,1-3H3. The third-order valence-electron chi connectivity index (χ3n) is 3.13. The number of hydrogen-bond acceptors (Lipinski definition) is 4. The van der Waals surface area contributed by atoms with Crippen LogP contribution in [0.15, 0.2) is 24.3 Å². The summed E-state index contributed by atoms with van der Waals surface area (Å²) >= 11 is 1.67. The Balaban J connectivity index is 2.22. The van der Waals surface area contributed by atoms with E-state index in [1.165, 1.54) is 4.88 Å². The highest BCUT2D eigenvalue weighted by atomic mass is 32.1. The van der Waals surface area contributed by atoms with E-state index in [9.17, 15) is 9.90 Å². The fourth-order valence-electron chi connectivity index (χ4n) is 2.27. The van der Waals surface area contributed by atoms with Gasteiger partial charge in [-0.3, -0.25) is 9.78 Å². The Morgan fingerprint density at radius 2 is 1.90 bits per heavy atom. The van der Waals surface area contributed by atoms with Crippen molar-refractivity contribution in [3.05, 3.63) is 51.0 Å². The van der Waals surface area contributed by atoms with Crippen LogP contribution in [-0.2, 0) is 6.54 Å². The lowest BCUT2D eigenvalue weighted by atomic mass is 10.1. The Morgan fingerprint density at radius 3 is 2.43 bits per heavy atom. The molecule has 0 aliphatic heterocycles. The van der Waals surface area contributed by atoms with Crippen LogP contribution in [0.25, 0.3) is 0 Å². The third kappa shape index (κ3) is 4.12. The van der Waals surface area contributed by atoms with Gasteiger partial charge in [-0.2, -0.15) is 0 Å². The summed E-state index contributed by atoms with van der Waals surface area (Å²) in [4.78, 5) is 21.0. The van der Waals surface area contributed by atoms with E-state index in [-0.39, 0.29) is 12.5 Å². The van der Waals surface area contributed by atoms with Gasteiger partial charge in [-0.1, -0.05) is 0 Å². The molecular formula is C16H20N2O2S. The average molecular weight is 304 g/mol. The molecule has 1 amide bonds. The van der Waals surface area contributed by atoms with E-state index < -0.39 is 0 Å². The van der Waals surface area contributed by atoms with Crippen molar-refractivity contribution < 1.29 is 9.90 Å². The molecule has 0 atom stereocenters. The zero-order valence-corrected chi connectivity index (χ0v) is 13.4.